The van der Waals surface area contributed by atoms with Gasteiger partial charge in [0.25, 0.3) is 0 Å². The van der Waals surface area contributed by atoms with Gasteiger partial charge in [0.1, 0.15) is 0 Å². The van der Waals surface area contributed by atoms with E-state index in [1.54, 1.807) is 14.2 Å². The lowest BCUT2D eigenvalue weighted by Gasteiger charge is -2.08. The van der Waals surface area contributed by atoms with Gasteiger partial charge in [0.15, 0.2) is 11.5 Å². The van der Waals surface area contributed by atoms with Gasteiger partial charge in [0, 0.05) is 6.54 Å². The molecule has 0 fully saturated rings. The van der Waals surface area contributed by atoms with Crippen molar-refractivity contribution in [3.05, 3.63) is 65.7 Å². The zero-order chi connectivity index (χ0) is 15.8. The van der Waals surface area contributed by atoms with E-state index in [0.717, 1.165) is 12.1 Å². The largest absolute Gasteiger partial charge is 0.493 e. The maximum Gasteiger partial charge on any atom is 0.161 e. The van der Waals surface area contributed by atoms with Crippen LogP contribution in [0.2, 0.25) is 0 Å². The molecule has 1 N–H and O–H groups in total. The maximum absolute atomic E-state index is 5.31. The predicted octanol–water partition coefficient (Wildman–Crippen LogP) is 3.83. The molecule has 0 aliphatic rings. The molecule has 0 unspecified atom stereocenters. The van der Waals surface area contributed by atoms with E-state index in [4.69, 9.17) is 21.7 Å². The van der Waals surface area contributed by atoms with E-state index in [1.807, 2.05) is 48.6 Å². The van der Waals surface area contributed by atoms with Crippen LogP contribution in [0.4, 0.5) is 0 Å². The molecule has 2 rings (SSSR count). The molecule has 0 bridgehead atoms. The summed E-state index contributed by atoms with van der Waals surface area (Å²) in [4.78, 5) is 0.693. The molecular formula is C18H19NO2S. The van der Waals surface area contributed by atoms with E-state index in [0.29, 0.717) is 16.5 Å². The fourth-order valence-electron chi connectivity index (χ4n) is 1.97. The van der Waals surface area contributed by atoms with E-state index in [9.17, 15) is 0 Å². The molecule has 0 spiro atoms. The molecule has 0 aliphatic heterocycles. The highest BCUT2D eigenvalue weighted by atomic mass is 32.1. The first-order valence-electron chi connectivity index (χ1n) is 6.95. The SMILES string of the molecule is COc1ccc(/C=C/C(=S)NCc2ccccc2)cc1OC. The molecule has 0 atom stereocenters. The van der Waals surface area contributed by atoms with E-state index in [-0.39, 0.29) is 0 Å². The molecule has 114 valence electrons. The highest BCUT2D eigenvalue weighted by Crippen LogP contribution is 2.27. The van der Waals surface area contributed by atoms with Crippen LogP contribution in [0.3, 0.4) is 0 Å². The third-order valence-electron chi connectivity index (χ3n) is 3.14. The van der Waals surface area contributed by atoms with Crippen LogP contribution in [-0.2, 0) is 6.54 Å². The van der Waals surface area contributed by atoms with Gasteiger partial charge in [-0.1, -0.05) is 54.7 Å². The van der Waals surface area contributed by atoms with Gasteiger partial charge in [0.2, 0.25) is 0 Å². The Bertz CT molecular complexity index is 653. The summed E-state index contributed by atoms with van der Waals surface area (Å²) >= 11 is 5.31. The van der Waals surface area contributed by atoms with E-state index in [1.165, 1.54) is 5.56 Å². The topological polar surface area (TPSA) is 30.5 Å². The monoisotopic (exact) mass is 313 g/mol. The number of hydrogen-bond acceptors (Lipinski definition) is 3. The molecule has 0 amide bonds. The molecule has 2 aromatic rings. The molecule has 0 aromatic heterocycles. The van der Waals surface area contributed by atoms with E-state index < -0.39 is 0 Å². The first-order valence-corrected chi connectivity index (χ1v) is 7.35. The Kier molecular flexibility index (Phi) is 5.98. The Morgan fingerprint density at radius 3 is 2.45 bits per heavy atom. The molecule has 4 heteroatoms. The van der Waals surface area contributed by atoms with Gasteiger partial charge in [-0.15, -0.1) is 0 Å². The number of hydrogen-bond donors (Lipinski definition) is 1. The summed E-state index contributed by atoms with van der Waals surface area (Å²) in [6.45, 7) is 0.718. The standard InChI is InChI=1S/C18H19NO2S/c1-20-16-10-8-14(12-17(16)21-2)9-11-18(22)19-13-15-6-4-3-5-7-15/h3-12H,13H2,1-2H3,(H,19,22)/b11-9+. The van der Waals surface area contributed by atoms with Crippen molar-refractivity contribution in [2.45, 2.75) is 6.54 Å². The van der Waals surface area contributed by atoms with Gasteiger partial charge in [-0.25, -0.2) is 0 Å². The van der Waals surface area contributed by atoms with Crippen molar-refractivity contribution in [3.8, 4) is 11.5 Å². The van der Waals surface area contributed by atoms with Crippen LogP contribution < -0.4 is 14.8 Å². The third kappa shape index (κ3) is 4.60. The maximum atomic E-state index is 5.31. The highest BCUT2D eigenvalue weighted by Gasteiger charge is 2.02. The van der Waals surface area contributed by atoms with Gasteiger partial charge in [-0.2, -0.15) is 0 Å². The van der Waals surface area contributed by atoms with Crippen molar-refractivity contribution in [1.82, 2.24) is 5.32 Å². The smallest absolute Gasteiger partial charge is 0.161 e. The summed E-state index contributed by atoms with van der Waals surface area (Å²) in [7, 11) is 3.24. The fourth-order valence-corrected chi connectivity index (χ4v) is 2.11. The van der Waals surface area contributed by atoms with Gasteiger partial charge < -0.3 is 14.8 Å². The summed E-state index contributed by atoms with van der Waals surface area (Å²) in [5.41, 5.74) is 2.20. The van der Waals surface area contributed by atoms with Crippen LogP contribution in [0.15, 0.2) is 54.6 Å². The molecule has 0 heterocycles. The highest BCUT2D eigenvalue weighted by molar-refractivity contribution is 7.80. The lowest BCUT2D eigenvalue weighted by atomic mass is 10.2. The average molecular weight is 313 g/mol. The molecule has 0 saturated carbocycles. The second-order valence-electron chi connectivity index (χ2n) is 4.65. The van der Waals surface area contributed by atoms with Crippen molar-refractivity contribution >= 4 is 23.3 Å². The molecule has 3 nitrogen and oxygen atoms in total. The number of rotatable bonds is 6. The zero-order valence-corrected chi connectivity index (χ0v) is 13.5. The van der Waals surface area contributed by atoms with Crippen molar-refractivity contribution in [2.24, 2.45) is 0 Å². The molecule has 0 saturated heterocycles. The zero-order valence-electron chi connectivity index (χ0n) is 12.7. The van der Waals surface area contributed by atoms with E-state index in [2.05, 4.69) is 17.4 Å². The third-order valence-corrected chi connectivity index (χ3v) is 3.42. The van der Waals surface area contributed by atoms with Gasteiger partial charge in [-0.05, 0) is 29.3 Å². The number of methoxy groups -OCH3 is 2. The first kappa shape index (κ1) is 16.0. The van der Waals surface area contributed by atoms with Crippen molar-refractivity contribution in [1.29, 1.82) is 0 Å². The minimum absolute atomic E-state index is 0.693. The first-order chi connectivity index (χ1) is 10.7. The van der Waals surface area contributed by atoms with Crippen LogP contribution in [0.25, 0.3) is 6.08 Å². The lowest BCUT2D eigenvalue weighted by molar-refractivity contribution is 0.355. The van der Waals surface area contributed by atoms with Gasteiger partial charge in [-0.3, -0.25) is 0 Å². The quantitative estimate of drug-likeness (QED) is 0.648. The van der Waals surface area contributed by atoms with Gasteiger partial charge in [0.05, 0.1) is 19.2 Å². The van der Waals surface area contributed by atoms with Crippen LogP contribution in [0, 0.1) is 0 Å². The molecule has 0 aliphatic carbocycles. The van der Waals surface area contributed by atoms with Crippen LogP contribution in [-0.4, -0.2) is 19.2 Å². The minimum Gasteiger partial charge on any atom is -0.493 e. The molecular weight excluding hydrogens is 294 g/mol. The van der Waals surface area contributed by atoms with Crippen LogP contribution in [0.1, 0.15) is 11.1 Å². The Labute approximate surface area is 136 Å². The number of thiocarbonyl (C=S) groups is 1. The van der Waals surface area contributed by atoms with Gasteiger partial charge >= 0.3 is 0 Å². The normalized spacial score (nSPS) is 10.5. The number of benzene rings is 2. The average Bonchev–Trinajstić information content (AvgIpc) is 2.58. The second-order valence-corrected chi connectivity index (χ2v) is 5.09. The van der Waals surface area contributed by atoms with Crippen LogP contribution in [0.5, 0.6) is 11.5 Å². The second kappa shape index (κ2) is 8.20. The van der Waals surface area contributed by atoms with Crippen LogP contribution >= 0.6 is 12.2 Å². The predicted molar refractivity (Wildman–Crippen MR) is 94.5 cm³/mol. The Morgan fingerprint density at radius 2 is 1.77 bits per heavy atom. The minimum atomic E-state index is 0.693. The number of nitrogens with one attached hydrogen (secondary N) is 1. The Balaban J connectivity index is 1.95. The summed E-state index contributed by atoms with van der Waals surface area (Å²) in [6, 6.07) is 15.9. The summed E-state index contributed by atoms with van der Waals surface area (Å²) in [5.74, 6) is 1.41. The number of ether oxygens (including phenoxy) is 2. The summed E-state index contributed by atoms with van der Waals surface area (Å²) in [5, 5.41) is 3.21. The molecule has 22 heavy (non-hydrogen) atoms. The molecule has 2 aromatic carbocycles. The van der Waals surface area contributed by atoms with Crippen molar-refractivity contribution in [3.63, 3.8) is 0 Å². The van der Waals surface area contributed by atoms with E-state index >= 15 is 0 Å². The fraction of sp³-hybridized carbons (Fsp3) is 0.167. The Hall–Kier alpha value is -2.33. The molecule has 0 radical (unpaired) electrons. The van der Waals surface area contributed by atoms with Crippen molar-refractivity contribution in [2.75, 3.05) is 14.2 Å². The van der Waals surface area contributed by atoms with Crippen molar-refractivity contribution < 1.29 is 9.47 Å². The lowest BCUT2D eigenvalue weighted by Crippen LogP contribution is -2.18. The Morgan fingerprint density at radius 1 is 1.05 bits per heavy atom. The summed E-state index contributed by atoms with van der Waals surface area (Å²) in [6.07, 6.45) is 3.82. The summed E-state index contributed by atoms with van der Waals surface area (Å²) < 4.78 is 10.5.